The minimum atomic E-state index is -0.0947. The Hall–Kier alpha value is -0.750. The summed E-state index contributed by atoms with van der Waals surface area (Å²) >= 11 is 5.64. The molecule has 0 fully saturated rings. The number of thiazole rings is 1. The van der Waals surface area contributed by atoms with E-state index >= 15 is 0 Å². The predicted octanol–water partition coefficient (Wildman–Crippen LogP) is 1.44. The van der Waals surface area contributed by atoms with Gasteiger partial charge in [-0.05, 0) is 6.92 Å². The normalized spacial score (nSPS) is 12.5. The lowest BCUT2D eigenvalue weighted by atomic mass is 10.4. The maximum Gasteiger partial charge on any atom is 0.192 e. The molecule has 1 unspecified atom stereocenters. The predicted molar refractivity (Wildman–Crippen MR) is 55.1 cm³/mol. The number of nitrogens with zero attached hydrogens (tertiary/aromatic N) is 1. The standard InChI is InChI=1S/C6H10N4S2/c1-3(11)4-2-12-6(9-4)10-5(7)8/h2-3,11H,1H3,(H4,7,8,9,10). The molecule has 6 heteroatoms. The first kappa shape index (κ1) is 9.34. The van der Waals surface area contributed by atoms with Crippen molar-refractivity contribution in [3.8, 4) is 0 Å². The highest BCUT2D eigenvalue weighted by Crippen LogP contribution is 2.23. The minimum Gasteiger partial charge on any atom is -0.370 e. The van der Waals surface area contributed by atoms with E-state index in [4.69, 9.17) is 11.1 Å². The van der Waals surface area contributed by atoms with E-state index in [0.717, 1.165) is 5.69 Å². The van der Waals surface area contributed by atoms with E-state index in [0.29, 0.717) is 5.13 Å². The molecule has 1 rings (SSSR count). The Morgan fingerprint density at radius 1 is 1.92 bits per heavy atom. The summed E-state index contributed by atoms with van der Waals surface area (Å²) in [5, 5.41) is 12.2. The van der Waals surface area contributed by atoms with Gasteiger partial charge in [-0.1, -0.05) is 0 Å². The topological polar surface area (TPSA) is 74.8 Å². The molecular weight excluding hydrogens is 192 g/mol. The van der Waals surface area contributed by atoms with Crippen molar-refractivity contribution in [2.24, 2.45) is 5.73 Å². The Balaban J connectivity index is 2.70. The Kier molecular flexibility index (Phi) is 2.93. The molecule has 1 atom stereocenters. The van der Waals surface area contributed by atoms with Crippen molar-refractivity contribution >= 4 is 35.1 Å². The molecule has 0 spiro atoms. The van der Waals surface area contributed by atoms with Crippen LogP contribution in [0.2, 0.25) is 0 Å². The van der Waals surface area contributed by atoms with E-state index in [1.54, 1.807) is 0 Å². The molecule has 0 saturated carbocycles. The number of guanidine groups is 1. The Bertz CT molecular complexity index is 281. The van der Waals surface area contributed by atoms with Crippen LogP contribution < -0.4 is 11.1 Å². The fourth-order valence-electron chi connectivity index (χ4n) is 0.651. The lowest BCUT2D eigenvalue weighted by Gasteiger charge is -1.98. The summed E-state index contributed by atoms with van der Waals surface area (Å²) in [6.07, 6.45) is 0. The van der Waals surface area contributed by atoms with E-state index < -0.39 is 0 Å². The number of nitrogens with one attached hydrogen (secondary N) is 2. The summed E-state index contributed by atoms with van der Waals surface area (Å²) < 4.78 is 0. The van der Waals surface area contributed by atoms with Crippen LogP contribution in [0, 0.1) is 5.41 Å². The molecule has 12 heavy (non-hydrogen) atoms. The third-order valence-electron chi connectivity index (χ3n) is 1.19. The lowest BCUT2D eigenvalue weighted by molar-refractivity contribution is 1.04. The molecule has 4 nitrogen and oxygen atoms in total. The number of anilines is 1. The van der Waals surface area contributed by atoms with Gasteiger partial charge in [-0.15, -0.1) is 11.3 Å². The van der Waals surface area contributed by atoms with Crippen molar-refractivity contribution < 1.29 is 0 Å². The first-order valence-electron chi connectivity index (χ1n) is 3.34. The van der Waals surface area contributed by atoms with Gasteiger partial charge in [-0.3, -0.25) is 5.41 Å². The molecule has 0 aliphatic heterocycles. The summed E-state index contributed by atoms with van der Waals surface area (Å²) in [6, 6.07) is 0. The lowest BCUT2D eigenvalue weighted by Crippen LogP contribution is -2.20. The summed E-state index contributed by atoms with van der Waals surface area (Å²) in [5.74, 6) is -0.0947. The molecule has 0 amide bonds. The Morgan fingerprint density at radius 3 is 3.00 bits per heavy atom. The average Bonchev–Trinajstić information content (AvgIpc) is 2.34. The van der Waals surface area contributed by atoms with Crippen LogP contribution in [0.4, 0.5) is 5.13 Å². The molecule has 0 aliphatic carbocycles. The average molecular weight is 202 g/mol. The number of nitrogens with two attached hydrogens (primary N) is 1. The van der Waals surface area contributed by atoms with Gasteiger partial charge in [0.05, 0.1) is 5.69 Å². The maximum atomic E-state index is 6.96. The zero-order valence-electron chi connectivity index (χ0n) is 6.53. The molecule has 0 saturated heterocycles. The van der Waals surface area contributed by atoms with Crippen molar-refractivity contribution in [3.63, 3.8) is 0 Å². The molecule has 0 bridgehead atoms. The summed E-state index contributed by atoms with van der Waals surface area (Å²) in [7, 11) is 0. The third-order valence-corrected chi connectivity index (χ3v) is 2.23. The second kappa shape index (κ2) is 3.77. The van der Waals surface area contributed by atoms with Crippen LogP contribution in [0.25, 0.3) is 0 Å². The van der Waals surface area contributed by atoms with Crippen molar-refractivity contribution in [1.82, 2.24) is 4.98 Å². The highest BCUT2D eigenvalue weighted by atomic mass is 32.1. The van der Waals surface area contributed by atoms with Crippen LogP contribution in [0.3, 0.4) is 0 Å². The Morgan fingerprint density at radius 2 is 2.58 bits per heavy atom. The highest BCUT2D eigenvalue weighted by molar-refractivity contribution is 7.80. The molecule has 1 aromatic heterocycles. The molecule has 4 N–H and O–H groups in total. The van der Waals surface area contributed by atoms with Gasteiger partial charge in [-0.25, -0.2) is 4.98 Å². The van der Waals surface area contributed by atoms with Crippen molar-refractivity contribution in [1.29, 1.82) is 5.41 Å². The maximum absolute atomic E-state index is 6.96. The van der Waals surface area contributed by atoms with Gasteiger partial charge in [0.25, 0.3) is 0 Å². The van der Waals surface area contributed by atoms with E-state index in [2.05, 4.69) is 22.9 Å². The van der Waals surface area contributed by atoms with E-state index in [1.165, 1.54) is 11.3 Å². The molecule has 0 aliphatic rings. The quantitative estimate of drug-likeness (QED) is 0.333. The number of rotatable bonds is 2. The first-order chi connectivity index (χ1) is 5.59. The van der Waals surface area contributed by atoms with Crippen molar-refractivity contribution in [2.75, 3.05) is 5.32 Å². The van der Waals surface area contributed by atoms with E-state index in [-0.39, 0.29) is 11.2 Å². The smallest absolute Gasteiger partial charge is 0.192 e. The number of hydrogen-bond donors (Lipinski definition) is 4. The van der Waals surface area contributed by atoms with Crippen LogP contribution in [0.1, 0.15) is 17.9 Å². The zero-order valence-corrected chi connectivity index (χ0v) is 8.25. The SMILES string of the molecule is CC(S)c1csc(NC(=N)N)n1. The fourth-order valence-corrected chi connectivity index (χ4v) is 1.70. The molecule has 0 aromatic carbocycles. The van der Waals surface area contributed by atoms with Crippen LogP contribution in [0.15, 0.2) is 5.38 Å². The van der Waals surface area contributed by atoms with Crippen LogP contribution in [0.5, 0.6) is 0 Å². The summed E-state index contributed by atoms with van der Waals surface area (Å²) in [4.78, 5) is 4.16. The molecule has 1 heterocycles. The van der Waals surface area contributed by atoms with Gasteiger partial charge in [0.2, 0.25) is 0 Å². The largest absolute Gasteiger partial charge is 0.370 e. The fraction of sp³-hybridized carbons (Fsp3) is 0.333. The molecule has 0 radical (unpaired) electrons. The molecular formula is C6H10N4S2. The van der Waals surface area contributed by atoms with Crippen LogP contribution in [-0.2, 0) is 0 Å². The number of aromatic nitrogens is 1. The minimum absolute atomic E-state index is 0.0947. The molecule has 1 aromatic rings. The Labute approximate surface area is 80.1 Å². The number of thiol groups is 1. The van der Waals surface area contributed by atoms with Gasteiger partial charge in [-0.2, -0.15) is 12.6 Å². The van der Waals surface area contributed by atoms with E-state index in [9.17, 15) is 0 Å². The summed E-state index contributed by atoms with van der Waals surface area (Å²) in [6.45, 7) is 1.94. The highest BCUT2D eigenvalue weighted by Gasteiger charge is 2.05. The zero-order chi connectivity index (χ0) is 9.14. The van der Waals surface area contributed by atoms with E-state index in [1.807, 2.05) is 12.3 Å². The van der Waals surface area contributed by atoms with Crippen molar-refractivity contribution in [2.45, 2.75) is 12.2 Å². The van der Waals surface area contributed by atoms with Crippen LogP contribution in [-0.4, -0.2) is 10.9 Å². The summed E-state index contributed by atoms with van der Waals surface area (Å²) in [5.41, 5.74) is 6.03. The second-order valence-corrected chi connectivity index (χ2v) is 3.92. The first-order valence-corrected chi connectivity index (χ1v) is 4.73. The number of hydrogen-bond acceptors (Lipinski definition) is 4. The van der Waals surface area contributed by atoms with Gasteiger partial charge in [0.15, 0.2) is 11.1 Å². The van der Waals surface area contributed by atoms with Gasteiger partial charge >= 0.3 is 0 Å². The van der Waals surface area contributed by atoms with Crippen molar-refractivity contribution in [3.05, 3.63) is 11.1 Å². The van der Waals surface area contributed by atoms with Gasteiger partial charge in [0, 0.05) is 10.6 Å². The van der Waals surface area contributed by atoms with Crippen LogP contribution >= 0.6 is 24.0 Å². The van der Waals surface area contributed by atoms with Gasteiger partial charge in [0.1, 0.15) is 0 Å². The van der Waals surface area contributed by atoms with Gasteiger partial charge < -0.3 is 11.1 Å². The second-order valence-electron chi connectivity index (χ2n) is 2.29. The third kappa shape index (κ3) is 2.38. The monoisotopic (exact) mass is 202 g/mol. The molecule has 66 valence electrons.